The Morgan fingerprint density at radius 3 is 2.36 bits per heavy atom. The molecular weight excluding hydrogens is 285 g/mol. The van der Waals surface area contributed by atoms with Crippen LogP contribution in [0.25, 0.3) is 0 Å². The van der Waals surface area contributed by atoms with Gasteiger partial charge in [-0.25, -0.2) is 14.0 Å². The molecule has 0 heterocycles. The molecule has 1 rings (SSSR count). The Morgan fingerprint density at radius 2 is 1.91 bits per heavy atom. The number of benzene rings is 1. The van der Waals surface area contributed by atoms with E-state index in [1.807, 2.05) is 18.7 Å². The van der Waals surface area contributed by atoms with Gasteiger partial charge in [-0.2, -0.15) is 0 Å². The molecule has 0 aromatic heterocycles. The number of carbonyl (C=O) groups is 1. The van der Waals surface area contributed by atoms with Gasteiger partial charge in [-0.3, -0.25) is 0 Å². The second-order valence-corrected chi connectivity index (χ2v) is 5.32. The highest BCUT2D eigenvalue weighted by atomic mass is 19.1. The quantitative estimate of drug-likeness (QED) is 0.574. The van der Waals surface area contributed by atoms with E-state index >= 15 is 0 Å². The third-order valence-electron chi connectivity index (χ3n) is 3.34. The predicted octanol–water partition coefficient (Wildman–Crippen LogP) is 3.00. The number of carbonyl (C=O) groups excluding carboxylic acids is 2. The summed E-state index contributed by atoms with van der Waals surface area (Å²) in [5.74, 6) is 0.581. The van der Waals surface area contributed by atoms with E-state index in [1.54, 1.807) is 31.9 Å². The molecule has 0 radical (unpaired) electrons. The molecule has 1 aromatic carbocycles. The Kier molecular flexibility index (Phi) is 6.80. The summed E-state index contributed by atoms with van der Waals surface area (Å²) in [5.41, 5.74) is 0.695. The zero-order valence-electron chi connectivity index (χ0n) is 13.4. The lowest BCUT2D eigenvalue weighted by atomic mass is 9.98. The summed E-state index contributed by atoms with van der Waals surface area (Å²) in [5, 5.41) is 0. The first-order valence-corrected chi connectivity index (χ1v) is 7.33. The Balaban J connectivity index is 3.27. The lowest BCUT2D eigenvalue weighted by Crippen LogP contribution is -2.49. The Bertz CT molecular complexity index is 535. The molecule has 0 amide bonds. The first kappa shape index (κ1) is 17.9. The standard InChI is InChI=1S/C17H22FNO3/c1-5-22-17(21)16(13(4)10-11-20)19(12(2)3)15-8-6-14(18)7-9-15/h6-10,12-13,16H,5H2,1-4H3. The molecule has 2 unspecified atom stereocenters. The molecule has 0 aliphatic rings. The van der Waals surface area contributed by atoms with Gasteiger partial charge in [0.25, 0.3) is 0 Å². The summed E-state index contributed by atoms with van der Waals surface area (Å²) < 4.78 is 18.3. The molecule has 0 saturated carbocycles. The fourth-order valence-electron chi connectivity index (χ4n) is 2.40. The van der Waals surface area contributed by atoms with Gasteiger partial charge in [-0.15, -0.1) is 0 Å². The van der Waals surface area contributed by atoms with E-state index < -0.39 is 12.0 Å². The van der Waals surface area contributed by atoms with E-state index in [9.17, 15) is 14.0 Å². The second kappa shape index (κ2) is 8.35. The predicted molar refractivity (Wildman–Crippen MR) is 83.9 cm³/mol. The van der Waals surface area contributed by atoms with Gasteiger partial charge in [-0.1, -0.05) is 6.92 Å². The topological polar surface area (TPSA) is 46.6 Å². The second-order valence-electron chi connectivity index (χ2n) is 5.32. The maximum absolute atomic E-state index is 13.1. The van der Waals surface area contributed by atoms with Crippen molar-refractivity contribution in [3.05, 3.63) is 36.2 Å². The van der Waals surface area contributed by atoms with Crippen LogP contribution in [0, 0.1) is 11.7 Å². The van der Waals surface area contributed by atoms with E-state index in [-0.39, 0.29) is 24.4 Å². The summed E-state index contributed by atoms with van der Waals surface area (Å²) in [6.07, 6.45) is 1.31. The Hall–Kier alpha value is -2.13. The smallest absolute Gasteiger partial charge is 0.329 e. The van der Waals surface area contributed by atoms with Gasteiger partial charge < -0.3 is 9.64 Å². The normalized spacial score (nSPS) is 13.2. The maximum Gasteiger partial charge on any atom is 0.329 e. The van der Waals surface area contributed by atoms with Crippen LogP contribution >= 0.6 is 0 Å². The minimum atomic E-state index is -0.674. The molecule has 0 aliphatic carbocycles. The average molecular weight is 307 g/mol. The fourth-order valence-corrected chi connectivity index (χ4v) is 2.40. The molecule has 0 bridgehead atoms. The van der Waals surface area contributed by atoms with Gasteiger partial charge in [0, 0.05) is 23.7 Å². The number of nitrogens with zero attached hydrogens (tertiary/aromatic N) is 1. The van der Waals surface area contributed by atoms with Gasteiger partial charge in [0.2, 0.25) is 0 Å². The number of hydrogen-bond donors (Lipinski definition) is 0. The SMILES string of the molecule is CCOC(=O)C(C(C)C=C=O)N(c1ccc(F)cc1)C(C)C. The molecule has 0 spiro atoms. The van der Waals surface area contributed by atoms with E-state index in [0.29, 0.717) is 5.69 Å². The molecular formula is C17H22FNO3. The summed E-state index contributed by atoms with van der Waals surface area (Å²) in [4.78, 5) is 24.9. The van der Waals surface area contributed by atoms with Gasteiger partial charge in [0.15, 0.2) is 0 Å². The molecule has 0 saturated heterocycles. The molecule has 1 aromatic rings. The Labute approximate surface area is 130 Å². The molecule has 4 nitrogen and oxygen atoms in total. The van der Waals surface area contributed by atoms with Gasteiger partial charge >= 0.3 is 5.97 Å². The van der Waals surface area contributed by atoms with Crippen LogP contribution in [0.1, 0.15) is 27.7 Å². The van der Waals surface area contributed by atoms with Gasteiger partial charge in [0.05, 0.1) is 6.61 Å². The van der Waals surface area contributed by atoms with Gasteiger partial charge in [0.1, 0.15) is 17.8 Å². The maximum atomic E-state index is 13.1. The van der Waals surface area contributed by atoms with Crippen LogP contribution in [0.15, 0.2) is 30.3 Å². The van der Waals surface area contributed by atoms with E-state index in [2.05, 4.69) is 0 Å². The number of rotatable bonds is 7. The van der Waals surface area contributed by atoms with Crippen LogP contribution in [0.2, 0.25) is 0 Å². The van der Waals surface area contributed by atoms with Crippen LogP contribution in [-0.2, 0) is 14.3 Å². The van der Waals surface area contributed by atoms with Crippen molar-refractivity contribution in [2.75, 3.05) is 11.5 Å². The minimum Gasteiger partial charge on any atom is -0.464 e. The van der Waals surface area contributed by atoms with E-state index in [0.717, 1.165) is 0 Å². The molecule has 120 valence electrons. The summed E-state index contributed by atoms with van der Waals surface area (Å²) in [6.45, 7) is 7.58. The summed E-state index contributed by atoms with van der Waals surface area (Å²) in [7, 11) is 0. The summed E-state index contributed by atoms with van der Waals surface area (Å²) >= 11 is 0. The Morgan fingerprint density at radius 1 is 1.32 bits per heavy atom. The number of halogens is 1. The molecule has 22 heavy (non-hydrogen) atoms. The van der Waals surface area contributed by atoms with E-state index in [4.69, 9.17) is 4.74 Å². The first-order chi connectivity index (χ1) is 10.4. The van der Waals surface area contributed by atoms with Crippen LogP contribution in [0.3, 0.4) is 0 Å². The minimum absolute atomic E-state index is 0.0395. The van der Waals surface area contributed by atoms with Gasteiger partial charge in [-0.05, 0) is 45.0 Å². The number of hydrogen-bond acceptors (Lipinski definition) is 4. The molecule has 0 N–H and O–H groups in total. The van der Waals surface area contributed by atoms with Crippen LogP contribution in [-0.4, -0.2) is 30.6 Å². The van der Waals surface area contributed by atoms with Crippen LogP contribution < -0.4 is 4.90 Å². The third-order valence-corrected chi connectivity index (χ3v) is 3.34. The monoisotopic (exact) mass is 307 g/mol. The number of ether oxygens (including phenoxy) is 1. The summed E-state index contributed by atoms with van der Waals surface area (Å²) in [6, 6.07) is 5.19. The highest BCUT2D eigenvalue weighted by Crippen LogP contribution is 2.25. The first-order valence-electron chi connectivity index (χ1n) is 7.33. The van der Waals surface area contributed by atoms with Crippen molar-refractivity contribution in [1.29, 1.82) is 0 Å². The molecule has 2 atom stereocenters. The van der Waals surface area contributed by atoms with Crippen molar-refractivity contribution in [1.82, 2.24) is 0 Å². The zero-order chi connectivity index (χ0) is 16.7. The lowest BCUT2D eigenvalue weighted by Gasteiger charge is -2.37. The highest BCUT2D eigenvalue weighted by Gasteiger charge is 2.33. The van der Waals surface area contributed by atoms with Crippen molar-refractivity contribution in [3.63, 3.8) is 0 Å². The average Bonchev–Trinajstić information content (AvgIpc) is 2.45. The van der Waals surface area contributed by atoms with Crippen molar-refractivity contribution >= 4 is 17.6 Å². The molecule has 0 fully saturated rings. The molecule has 5 heteroatoms. The van der Waals surface area contributed by atoms with Crippen molar-refractivity contribution in [3.8, 4) is 0 Å². The van der Waals surface area contributed by atoms with Crippen molar-refractivity contribution < 1.29 is 18.7 Å². The molecule has 0 aliphatic heterocycles. The number of anilines is 1. The largest absolute Gasteiger partial charge is 0.464 e. The van der Waals surface area contributed by atoms with Crippen molar-refractivity contribution in [2.24, 2.45) is 5.92 Å². The van der Waals surface area contributed by atoms with Crippen molar-refractivity contribution in [2.45, 2.75) is 39.8 Å². The lowest BCUT2D eigenvalue weighted by molar-refractivity contribution is -0.145. The third kappa shape index (κ3) is 4.43. The van der Waals surface area contributed by atoms with Crippen LogP contribution in [0.4, 0.5) is 10.1 Å². The fraction of sp³-hybridized carbons (Fsp3) is 0.471. The zero-order valence-corrected chi connectivity index (χ0v) is 13.4. The van der Waals surface area contributed by atoms with E-state index in [1.165, 1.54) is 18.2 Å². The highest BCUT2D eigenvalue weighted by molar-refractivity contribution is 5.81. The number of esters is 1. The van der Waals surface area contributed by atoms with Crippen LogP contribution in [0.5, 0.6) is 0 Å².